The van der Waals surface area contributed by atoms with Crippen molar-refractivity contribution in [3.05, 3.63) is 66.7 Å². The van der Waals surface area contributed by atoms with Gasteiger partial charge in [0.25, 0.3) is 5.91 Å². The van der Waals surface area contributed by atoms with Crippen molar-refractivity contribution < 1.29 is 23.4 Å². The first-order valence-corrected chi connectivity index (χ1v) is 9.26. The van der Waals surface area contributed by atoms with E-state index in [0.717, 1.165) is 17.1 Å². The topological polar surface area (TPSA) is 82.8 Å². The van der Waals surface area contributed by atoms with Crippen LogP contribution >= 0.6 is 0 Å². The highest BCUT2D eigenvalue weighted by atomic mass is 16.5. The number of carbonyl (C=O) groups excluding carboxylic acids is 1. The molecule has 0 aliphatic rings. The lowest BCUT2D eigenvalue weighted by molar-refractivity contribution is -0.118. The van der Waals surface area contributed by atoms with Gasteiger partial charge in [-0.15, -0.1) is 0 Å². The molecule has 0 fully saturated rings. The third-order valence-corrected chi connectivity index (χ3v) is 4.42. The van der Waals surface area contributed by atoms with Gasteiger partial charge in [-0.1, -0.05) is 6.07 Å². The Hall–Kier alpha value is -4.00. The number of carbonyl (C=O) groups is 1. The molecule has 30 heavy (non-hydrogen) atoms. The number of fused-ring (bicyclic) bond motifs is 1. The van der Waals surface area contributed by atoms with Gasteiger partial charge in [-0.25, -0.2) is 4.98 Å². The second kappa shape index (κ2) is 8.57. The molecule has 0 saturated heterocycles. The van der Waals surface area contributed by atoms with E-state index in [-0.39, 0.29) is 12.5 Å². The van der Waals surface area contributed by atoms with E-state index in [9.17, 15) is 4.79 Å². The van der Waals surface area contributed by atoms with E-state index in [4.69, 9.17) is 18.6 Å². The molecule has 0 bridgehead atoms. The fourth-order valence-corrected chi connectivity index (χ4v) is 2.90. The van der Waals surface area contributed by atoms with Crippen LogP contribution in [0.4, 0.5) is 5.69 Å². The van der Waals surface area contributed by atoms with E-state index in [2.05, 4.69) is 10.3 Å². The molecule has 0 atom stereocenters. The van der Waals surface area contributed by atoms with Crippen molar-refractivity contribution in [3.8, 4) is 28.7 Å². The first kappa shape index (κ1) is 19.3. The van der Waals surface area contributed by atoms with Gasteiger partial charge in [0.1, 0.15) is 22.8 Å². The summed E-state index contributed by atoms with van der Waals surface area (Å²) in [5.74, 6) is 2.23. The van der Waals surface area contributed by atoms with Crippen LogP contribution < -0.4 is 19.5 Å². The van der Waals surface area contributed by atoms with Gasteiger partial charge in [-0.05, 0) is 60.7 Å². The Kier molecular flexibility index (Phi) is 5.52. The maximum absolute atomic E-state index is 12.2. The van der Waals surface area contributed by atoms with Crippen LogP contribution in [0.15, 0.2) is 71.1 Å². The zero-order valence-corrected chi connectivity index (χ0v) is 16.5. The number of benzene rings is 3. The summed E-state index contributed by atoms with van der Waals surface area (Å²) in [6.07, 6.45) is 0. The van der Waals surface area contributed by atoms with Crippen molar-refractivity contribution in [3.63, 3.8) is 0 Å². The Morgan fingerprint density at radius 1 is 0.933 bits per heavy atom. The predicted molar refractivity (Wildman–Crippen MR) is 113 cm³/mol. The molecule has 0 radical (unpaired) electrons. The van der Waals surface area contributed by atoms with Gasteiger partial charge in [-0.3, -0.25) is 4.79 Å². The summed E-state index contributed by atoms with van der Waals surface area (Å²) in [6.45, 7) is -0.113. The fourth-order valence-electron chi connectivity index (χ4n) is 2.90. The largest absolute Gasteiger partial charge is 0.497 e. The zero-order valence-electron chi connectivity index (χ0n) is 16.5. The molecule has 3 aromatic carbocycles. The van der Waals surface area contributed by atoms with Gasteiger partial charge >= 0.3 is 0 Å². The summed E-state index contributed by atoms with van der Waals surface area (Å²) in [7, 11) is 3.20. The Balaban J connectivity index is 1.43. The Morgan fingerprint density at radius 3 is 2.47 bits per heavy atom. The Bertz CT molecular complexity index is 1170. The van der Waals surface area contributed by atoms with Crippen molar-refractivity contribution in [2.75, 3.05) is 26.1 Å². The summed E-state index contributed by atoms with van der Waals surface area (Å²) >= 11 is 0. The van der Waals surface area contributed by atoms with Crippen molar-refractivity contribution in [1.29, 1.82) is 0 Å². The molecule has 1 heterocycles. The predicted octanol–water partition coefficient (Wildman–Crippen LogP) is 4.53. The SMILES string of the molecule is COc1ccc(OCC(=O)Nc2ccc3oc(-c4cccc(OC)c4)nc3c2)cc1. The van der Waals surface area contributed by atoms with Crippen LogP contribution in [-0.2, 0) is 4.79 Å². The maximum atomic E-state index is 12.2. The lowest BCUT2D eigenvalue weighted by Gasteiger charge is -2.08. The van der Waals surface area contributed by atoms with Gasteiger partial charge < -0.3 is 23.9 Å². The summed E-state index contributed by atoms with van der Waals surface area (Å²) < 4.78 is 21.7. The van der Waals surface area contributed by atoms with Crippen LogP contribution in [0.5, 0.6) is 17.2 Å². The molecule has 0 aliphatic heterocycles. The highest BCUT2D eigenvalue weighted by Crippen LogP contribution is 2.28. The van der Waals surface area contributed by atoms with Gasteiger partial charge in [-0.2, -0.15) is 0 Å². The molecule has 7 nitrogen and oxygen atoms in total. The molecular formula is C23H20N2O5. The number of nitrogens with one attached hydrogen (secondary N) is 1. The second-order valence-electron chi connectivity index (χ2n) is 6.45. The second-order valence-corrected chi connectivity index (χ2v) is 6.45. The van der Waals surface area contributed by atoms with Crippen LogP contribution in [-0.4, -0.2) is 31.7 Å². The smallest absolute Gasteiger partial charge is 0.262 e. The molecule has 0 unspecified atom stereocenters. The van der Waals surface area contributed by atoms with E-state index in [1.54, 1.807) is 56.7 Å². The standard InChI is InChI=1S/C23H20N2O5/c1-27-17-7-9-18(10-8-17)29-14-22(26)24-16-6-11-21-20(13-16)25-23(30-21)15-4-3-5-19(12-15)28-2/h3-13H,14H2,1-2H3,(H,24,26). The van der Waals surface area contributed by atoms with Crippen molar-refractivity contribution in [2.24, 2.45) is 0 Å². The van der Waals surface area contributed by atoms with Crippen molar-refractivity contribution in [2.45, 2.75) is 0 Å². The minimum absolute atomic E-state index is 0.113. The number of amides is 1. The van der Waals surface area contributed by atoms with E-state index in [1.165, 1.54) is 0 Å². The third-order valence-electron chi connectivity index (χ3n) is 4.42. The first-order chi connectivity index (χ1) is 14.6. The van der Waals surface area contributed by atoms with Gasteiger partial charge in [0.15, 0.2) is 12.2 Å². The Morgan fingerprint density at radius 2 is 1.70 bits per heavy atom. The van der Waals surface area contributed by atoms with Crippen LogP contribution in [0.1, 0.15) is 0 Å². The highest BCUT2D eigenvalue weighted by Gasteiger charge is 2.11. The average molecular weight is 404 g/mol. The Labute approximate surface area is 173 Å². The molecule has 0 aliphatic carbocycles. The number of aromatic nitrogens is 1. The normalized spacial score (nSPS) is 10.6. The zero-order chi connectivity index (χ0) is 20.9. The molecular weight excluding hydrogens is 384 g/mol. The molecule has 0 saturated carbocycles. The lowest BCUT2D eigenvalue weighted by atomic mass is 10.2. The maximum Gasteiger partial charge on any atom is 0.262 e. The number of ether oxygens (including phenoxy) is 3. The highest BCUT2D eigenvalue weighted by molar-refractivity contribution is 5.94. The molecule has 4 rings (SSSR count). The summed E-state index contributed by atoms with van der Waals surface area (Å²) in [4.78, 5) is 16.7. The van der Waals surface area contributed by atoms with Crippen LogP contribution in [0.25, 0.3) is 22.6 Å². The van der Waals surface area contributed by atoms with Gasteiger partial charge in [0.2, 0.25) is 5.89 Å². The number of methoxy groups -OCH3 is 2. The summed E-state index contributed by atoms with van der Waals surface area (Å²) in [5.41, 5.74) is 2.68. The number of hydrogen-bond acceptors (Lipinski definition) is 6. The summed E-state index contributed by atoms with van der Waals surface area (Å²) in [5, 5.41) is 2.80. The van der Waals surface area contributed by atoms with Crippen molar-refractivity contribution in [1.82, 2.24) is 4.98 Å². The minimum Gasteiger partial charge on any atom is -0.497 e. The number of rotatable bonds is 7. The number of oxazole rings is 1. The van der Waals surface area contributed by atoms with Gasteiger partial charge in [0, 0.05) is 11.3 Å². The third kappa shape index (κ3) is 4.35. The molecule has 4 aromatic rings. The van der Waals surface area contributed by atoms with Crippen LogP contribution in [0.3, 0.4) is 0 Å². The van der Waals surface area contributed by atoms with E-state index < -0.39 is 0 Å². The fraction of sp³-hybridized carbons (Fsp3) is 0.130. The van der Waals surface area contributed by atoms with Crippen molar-refractivity contribution >= 4 is 22.7 Å². The van der Waals surface area contributed by atoms with Crippen LogP contribution in [0.2, 0.25) is 0 Å². The number of nitrogens with zero attached hydrogens (tertiary/aromatic N) is 1. The van der Waals surface area contributed by atoms with Crippen LogP contribution in [0, 0.1) is 0 Å². The van der Waals surface area contributed by atoms with E-state index in [1.807, 2.05) is 24.3 Å². The average Bonchev–Trinajstić information content (AvgIpc) is 3.21. The number of anilines is 1. The molecule has 0 spiro atoms. The quantitative estimate of drug-likeness (QED) is 0.487. The van der Waals surface area contributed by atoms with Gasteiger partial charge in [0.05, 0.1) is 14.2 Å². The molecule has 152 valence electrons. The monoisotopic (exact) mass is 404 g/mol. The molecule has 1 N–H and O–H groups in total. The first-order valence-electron chi connectivity index (χ1n) is 9.26. The van der Waals surface area contributed by atoms with E-state index in [0.29, 0.717) is 28.4 Å². The number of hydrogen-bond donors (Lipinski definition) is 1. The lowest BCUT2D eigenvalue weighted by Crippen LogP contribution is -2.20. The molecule has 1 amide bonds. The molecule has 7 heteroatoms. The minimum atomic E-state index is -0.276. The summed E-state index contributed by atoms with van der Waals surface area (Å²) in [6, 6.07) is 19.8. The van der Waals surface area contributed by atoms with E-state index >= 15 is 0 Å². The molecule has 1 aromatic heterocycles.